The van der Waals surface area contributed by atoms with Crippen LogP contribution in [0, 0.1) is 17.0 Å². The molecular weight excluding hydrogens is 320 g/mol. The summed E-state index contributed by atoms with van der Waals surface area (Å²) in [6, 6.07) is 0.415. The molecule has 25 heavy (non-hydrogen) atoms. The van der Waals surface area contributed by atoms with Gasteiger partial charge in [-0.3, -0.25) is 19.6 Å². The number of nitrogens with zero attached hydrogens (tertiary/aromatic N) is 4. The molecule has 0 saturated heterocycles. The van der Waals surface area contributed by atoms with E-state index in [0.29, 0.717) is 5.69 Å². The second kappa shape index (κ2) is 7.54. The fourth-order valence-corrected chi connectivity index (χ4v) is 4.58. The molecule has 3 rings (SSSR count). The van der Waals surface area contributed by atoms with Gasteiger partial charge in [0.1, 0.15) is 5.69 Å². The Morgan fingerprint density at radius 2 is 1.56 bits per heavy atom. The summed E-state index contributed by atoms with van der Waals surface area (Å²) in [6.45, 7) is 1.60. The van der Waals surface area contributed by atoms with E-state index in [2.05, 4.69) is 5.10 Å². The maximum absolute atomic E-state index is 13.5. The molecule has 2 fully saturated rings. The monoisotopic (exact) mass is 348 g/mol. The second-order valence-corrected chi connectivity index (χ2v) is 7.46. The molecule has 0 radical (unpaired) electrons. The first-order chi connectivity index (χ1) is 12.0. The Kier molecular flexibility index (Phi) is 5.39. The highest BCUT2D eigenvalue weighted by molar-refractivity contribution is 5.97. The number of hydrogen-bond acceptors (Lipinski definition) is 4. The average molecular weight is 348 g/mol. The molecule has 0 unspecified atom stereocenters. The molecule has 1 heterocycles. The Morgan fingerprint density at radius 1 is 1.08 bits per heavy atom. The molecule has 7 heteroatoms. The molecule has 0 aromatic carbocycles. The summed E-state index contributed by atoms with van der Waals surface area (Å²) in [5.41, 5.74) is 0.311. The van der Waals surface area contributed by atoms with Crippen LogP contribution in [0.2, 0.25) is 0 Å². The minimum absolute atomic E-state index is 0.135. The normalized spacial score (nSPS) is 19.8. The quantitative estimate of drug-likeness (QED) is 0.613. The Bertz CT molecular complexity index is 625. The van der Waals surface area contributed by atoms with Gasteiger partial charge in [-0.1, -0.05) is 38.5 Å². The SMILES string of the molecule is Cc1nn(C)c(C(=O)N(C2CCCCC2)C2CCCCC2)c1[N+](=O)[O-]. The smallest absolute Gasteiger partial charge is 0.322 e. The molecule has 2 saturated carbocycles. The first-order valence-electron chi connectivity index (χ1n) is 9.51. The summed E-state index contributed by atoms with van der Waals surface area (Å²) in [5, 5.41) is 15.7. The van der Waals surface area contributed by atoms with Crippen LogP contribution < -0.4 is 0 Å². The maximum Gasteiger partial charge on any atom is 0.322 e. The van der Waals surface area contributed by atoms with Crippen molar-refractivity contribution in [1.82, 2.24) is 14.7 Å². The molecule has 1 aromatic rings. The van der Waals surface area contributed by atoms with Crippen LogP contribution in [0.1, 0.15) is 80.4 Å². The third-order valence-corrected chi connectivity index (χ3v) is 5.75. The van der Waals surface area contributed by atoms with Crippen molar-refractivity contribution in [3.8, 4) is 0 Å². The van der Waals surface area contributed by atoms with Gasteiger partial charge in [-0.25, -0.2) is 0 Å². The van der Waals surface area contributed by atoms with Crippen LogP contribution in [-0.2, 0) is 7.05 Å². The molecule has 1 aromatic heterocycles. The van der Waals surface area contributed by atoms with Crippen LogP contribution in [0.5, 0.6) is 0 Å². The number of amides is 1. The lowest BCUT2D eigenvalue weighted by atomic mass is 9.88. The zero-order chi connectivity index (χ0) is 18.0. The molecule has 2 aliphatic rings. The fraction of sp³-hybridized carbons (Fsp3) is 0.778. The molecule has 0 atom stereocenters. The van der Waals surface area contributed by atoms with Crippen molar-refractivity contribution >= 4 is 11.6 Å². The zero-order valence-electron chi connectivity index (χ0n) is 15.2. The van der Waals surface area contributed by atoms with E-state index < -0.39 is 4.92 Å². The summed E-state index contributed by atoms with van der Waals surface area (Å²) < 4.78 is 1.40. The van der Waals surface area contributed by atoms with Crippen molar-refractivity contribution in [3.05, 3.63) is 21.5 Å². The first-order valence-corrected chi connectivity index (χ1v) is 9.51. The molecule has 0 aliphatic heterocycles. The van der Waals surface area contributed by atoms with E-state index in [1.54, 1.807) is 14.0 Å². The van der Waals surface area contributed by atoms with Gasteiger partial charge in [0, 0.05) is 19.1 Å². The predicted octanol–water partition coefficient (Wildman–Crippen LogP) is 3.74. The Labute approximate surface area is 148 Å². The van der Waals surface area contributed by atoms with E-state index >= 15 is 0 Å². The van der Waals surface area contributed by atoms with Gasteiger partial charge in [-0.05, 0) is 32.6 Å². The highest BCUT2D eigenvalue weighted by Crippen LogP contribution is 2.33. The van der Waals surface area contributed by atoms with Gasteiger partial charge in [0.05, 0.1) is 4.92 Å². The third-order valence-electron chi connectivity index (χ3n) is 5.75. The second-order valence-electron chi connectivity index (χ2n) is 7.46. The topological polar surface area (TPSA) is 81.3 Å². The molecule has 0 bridgehead atoms. The van der Waals surface area contributed by atoms with E-state index in [4.69, 9.17) is 0 Å². The number of nitro groups is 1. The van der Waals surface area contributed by atoms with Gasteiger partial charge in [0.2, 0.25) is 5.69 Å². The summed E-state index contributed by atoms with van der Waals surface area (Å²) in [7, 11) is 1.63. The van der Waals surface area contributed by atoms with Crippen LogP contribution in [-0.4, -0.2) is 37.6 Å². The Hall–Kier alpha value is -1.92. The molecular formula is C18H28N4O3. The molecule has 7 nitrogen and oxygen atoms in total. The summed E-state index contributed by atoms with van der Waals surface area (Å²) in [5.74, 6) is -0.200. The van der Waals surface area contributed by atoms with Crippen molar-refractivity contribution < 1.29 is 9.72 Å². The van der Waals surface area contributed by atoms with E-state index in [9.17, 15) is 14.9 Å². The fourth-order valence-electron chi connectivity index (χ4n) is 4.58. The van der Waals surface area contributed by atoms with Crippen LogP contribution in [0.15, 0.2) is 0 Å². The summed E-state index contributed by atoms with van der Waals surface area (Å²) >= 11 is 0. The van der Waals surface area contributed by atoms with Crippen molar-refractivity contribution in [1.29, 1.82) is 0 Å². The van der Waals surface area contributed by atoms with Crippen LogP contribution in [0.25, 0.3) is 0 Å². The van der Waals surface area contributed by atoms with Crippen molar-refractivity contribution in [2.75, 3.05) is 0 Å². The average Bonchev–Trinajstić information content (AvgIpc) is 2.91. The van der Waals surface area contributed by atoms with Crippen molar-refractivity contribution in [3.63, 3.8) is 0 Å². The number of rotatable bonds is 4. The lowest BCUT2D eigenvalue weighted by molar-refractivity contribution is -0.385. The maximum atomic E-state index is 13.5. The van der Waals surface area contributed by atoms with Crippen molar-refractivity contribution in [2.45, 2.75) is 83.2 Å². The number of aromatic nitrogens is 2. The summed E-state index contributed by atoms with van der Waals surface area (Å²) in [4.78, 5) is 26.5. The Balaban J connectivity index is 1.97. The molecule has 138 valence electrons. The lowest BCUT2D eigenvalue weighted by Crippen LogP contribution is -2.49. The van der Waals surface area contributed by atoms with Gasteiger partial charge < -0.3 is 4.90 Å². The number of aryl methyl sites for hydroxylation is 2. The number of carbonyl (C=O) groups excluding carboxylic acids is 1. The standard InChI is InChI=1S/C18H28N4O3/c1-13-16(22(24)25)17(20(2)19-13)18(23)21(14-9-5-3-6-10-14)15-11-7-4-8-12-15/h14-15H,3-12H2,1-2H3. The van der Waals surface area contributed by atoms with Gasteiger partial charge in [0.15, 0.2) is 0 Å². The predicted molar refractivity (Wildman–Crippen MR) is 94.5 cm³/mol. The van der Waals surface area contributed by atoms with E-state index in [1.165, 1.54) is 17.5 Å². The van der Waals surface area contributed by atoms with Gasteiger partial charge in [-0.2, -0.15) is 5.10 Å². The van der Waals surface area contributed by atoms with Gasteiger partial charge in [0.25, 0.3) is 5.91 Å². The zero-order valence-corrected chi connectivity index (χ0v) is 15.2. The highest BCUT2D eigenvalue weighted by atomic mass is 16.6. The minimum Gasteiger partial charge on any atom is -0.331 e. The molecule has 0 N–H and O–H groups in total. The number of hydrogen-bond donors (Lipinski definition) is 0. The van der Waals surface area contributed by atoms with Gasteiger partial charge >= 0.3 is 5.69 Å². The Morgan fingerprint density at radius 3 is 2.00 bits per heavy atom. The first kappa shape index (κ1) is 17.9. The highest BCUT2D eigenvalue weighted by Gasteiger charge is 2.38. The van der Waals surface area contributed by atoms with E-state index in [1.807, 2.05) is 4.90 Å². The van der Waals surface area contributed by atoms with Crippen LogP contribution >= 0.6 is 0 Å². The van der Waals surface area contributed by atoms with E-state index in [-0.39, 0.29) is 29.4 Å². The minimum atomic E-state index is -0.463. The summed E-state index contributed by atoms with van der Waals surface area (Å²) in [6.07, 6.45) is 11.0. The van der Waals surface area contributed by atoms with Gasteiger partial charge in [-0.15, -0.1) is 0 Å². The molecule has 1 amide bonds. The van der Waals surface area contributed by atoms with Crippen LogP contribution in [0.4, 0.5) is 5.69 Å². The molecule has 2 aliphatic carbocycles. The largest absolute Gasteiger partial charge is 0.331 e. The van der Waals surface area contributed by atoms with E-state index in [0.717, 1.165) is 51.4 Å². The number of carbonyl (C=O) groups is 1. The van der Waals surface area contributed by atoms with Crippen LogP contribution in [0.3, 0.4) is 0 Å². The molecule has 0 spiro atoms. The lowest BCUT2D eigenvalue weighted by Gasteiger charge is -2.41. The third kappa shape index (κ3) is 3.55. The van der Waals surface area contributed by atoms with Crippen molar-refractivity contribution in [2.24, 2.45) is 7.05 Å².